The summed E-state index contributed by atoms with van der Waals surface area (Å²) >= 11 is 4.43. The SMILES string of the molecule is COc1ccc(Cc2sc(=O)[nH]c2O)c2c1N(Cc1ccc(Br)cc1)C(=O)CC2. The molecule has 2 aromatic carbocycles. The second kappa shape index (κ2) is 8.04. The van der Waals surface area contributed by atoms with E-state index in [9.17, 15) is 14.7 Å². The van der Waals surface area contributed by atoms with E-state index in [2.05, 4.69) is 20.9 Å². The summed E-state index contributed by atoms with van der Waals surface area (Å²) in [6, 6.07) is 11.7. The van der Waals surface area contributed by atoms with Crippen molar-refractivity contribution in [3.63, 3.8) is 0 Å². The van der Waals surface area contributed by atoms with Gasteiger partial charge in [-0.1, -0.05) is 45.5 Å². The molecule has 6 nitrogen and oxygen atoms in total. The number of anilines is 1. The number of nitrogens with one attached hydrogen (secondary N) is 1. The largest absolute Gasteiger partial charge is 0.495 e. The molecular weight excluding hydrogens is 456 g/mol. The Kier molecular flexibility index (Phi) is 5.47. The molecular formula is C21H19BrN2O4S. The summed E-state index contributed by atoms with van der Waals surface area (Å²) in [4.78, 5) is 28.8. The minimum Gasteiger partial charge on any atom is -0.495 e. The molecule has 1 amide bonds. The van der Waals surface area contributed by atoms with Crippen LogP contribution in [0.3, 0.4) is 0 Å². The lowest BCUT2D eigenvalue weighted by Crippen LogP contribution is -2.35. The van der Waals surface area contributed by atoms with Gasteiger partial charge in [0, 0.05) is 17.3 Å². The van der Waals surface area contributed by atoms with Crippen molar-refractivity contribution in [3.05, 3.63) is 72.1 Å². The Morgan fingerprint density at radius 1 is 1.17 bits per heavy atom. The number of H-pyrrole nitrogens is 1. The van der Waals surface area contributed by atoms with Gasteiger partial charge in [0.15, 0.2) is 0 Å². The van der Waals surface area contributed by atoms with E-state index in [4.69, 9.17) is 4.74 Å². The van der Waals surface area contributed by atoms with Gasteiger partial charge in [0.2, 0.25) is 11.8 Å². The summed E-state index contributed by atoms with van der Waals surface area (Å²) in [5, 5.41) is 9.97. The number of carbonyl (C=O) groups excluding carboxylic acids is 1. The fourth-order valence-electron chi connectivity index (χ4n) is 3.64. The summed E-state index contributed by atoms with van der Waals surface area (Å²) in [5.74, 6) is 0.591. The van der Waals surface area contributed by atoms with Crippen molar-refractivity contribution in [3.8, 4) is 11.6 Å². The number of carbonyl (C=O) groups is 1. The smallest absolute Gasteiger partial charge is 0.307 e. The maximum atomic E-state index is 12.8. The zero-order valence-corrected chi connectivity index (χ0v) is 18.1. The highest BCUT2D eigenvalue weighted by Gasteiger charge is 2.29. The van der Waals surface area contributed by atoms with E-state index >= 15 is 0 Å². The van der Waals surface area contributed by atoms with Crippen LogP contribution in [0.5, 0.6) is 11.6 Å². The molecule has 2 N–H and O–H groups in total. The van der Waals surface area contributed by atoms with E-state index in [1.54, 1.807) is 12.0 Å². The van der Waals surface area contributed by atoms with Gasteiger partial charge in [-0.15, -0.1) is 0 Å². The van der Waals surface area contributed by atoms with Crippen LogP contribution >= 0.6 is 27.3 Å². The number of amides is 1. The van der Waals surface area contributed by atoms with Crippen molar-refractivity contribution >= 4 is 38.9 Å². The number of benzene rings is 2. The molecule has 0 unspecified atom stereocenters. The van der Waals surface area contributed by atoms with Crippen molar-refractivity contribution in [2.75, 3.05) is 12.0 Å². The Morgan fingerprint density at radius 3 is 2.59 bits per heavy atom. The molecule has 2 heterocycles. The molecule has 150 valence electrons. The molecule has 29 heavy (non-hydrogen) atoms. The van der Waals surface area contributed by atoms with E-state index in [1.165, 1.54) is 0 Å². The highest BCUT2D eigenvalue weighted by atomic mass is 79.9. The first-order chi connectivity index (χ1) is 14.0. The number of aromatic amines is 1. The van der Waals surface area contributed by atoms with Gasteiger partial charge in [0.25, 0.3) is 0 Å². The number of hydrogen-bond donors (Lipinski definition) is 2. The quantitative estimate of drug-likeness (QED) is 0.585. The number of fused-ring (bicyclic) bond motifs is 1. The molecule has 3 aromatic rings. The summed E-state index contributed by atoms with van der Waals surface area (Å²) in [5.41, 5.74) is 3.77. The van der Waals surface area contributed by atoms with Gasteiger partial charge in [0.1, 0.15) is 5.75 Å². The van der Waals surface area contributed by atoms with Crippen LogP contribution in [0.2, 0.25) is 0 Å². The number of ether oxygens (including phenoxy) is 1. The molecule has 0 aliphatic carbocycles. The van der Waals surface area contributed by atoms with E-state index in [0.717, 1.165) is 38.2 Å². The third kappa shape index (κ3) is 3.95. The highest BCUT2D eigenvalue weighted by Crippen LogP contribution is 2.41. The Balaban J connectivity index is 1.76. The molecule has 0 fully saturated rings. The zero-order chi connectivity index (χ0) is 20.5. The van der Waals surface area contributed by atoms with E-state index in [1.807, 2.05) is 36.4 Å². The highest BCUT2D eigenvalue weighted by molar-refractivity contribution is 9.10. The molecule has 0 atom stereocenters. The van der Waals surface area contributed by atoms with E-state index < -0.39 is 0 Å². The lowest BCUT2D eigenvalue weighted by Gasteiger charge is -2.32. The van der Waals surface area contributed by atoms with Crippen molar-refractivity contribution in [2.24, 2.45) is 0 Å². The summed E-state index contributed by atoms with van der Waals surface area (Å²) in [6.07, 6.45) is 1.42. The molecule has 1 aliphatic heterocycles. The average Bonchev–Trinajstić information content (AvgIpc) is 3.02. The Labute approximate surface area is 179 Å². The van der Waals surface area contributed by atoms with Crippen LogP contribution < -0.4 is 14.5 Å². The maximum absolute atomic E-state index is 12.8. The van der Waals surface area contributed by atoms with Gasteiger partial charge < -0.3 is 14.7 Å². The Hall–Kier alpha value is -2.58. The number of thiazole rings is 1. The fraction of sp³-hybridized carbons (Fsp3) is 0.238. The van der Waals surface area contributed by atoms with Crippen LogP contribution in [0.25, 0.3) is 0 Å². The number of rotatable bonds is 5. The molecule has 4 rings (SSSR count). The lowest BCUT2D eigenvalue weighted by atomic mass is 9.92. The first-order valence-corrected chi connectivity index (χ1v) is 10.7. The minimum absolute atomic E-state index is 0.0463. The fourth-order valence-corrected chi connectivity index (χ4v) is 4.65. The minimum atomic E-state index is -0.285. The normalized spacial score (nSPS) is 13.4. The van der Waals surface area contributed by atoms with Gasteiger partial charge in [-0.3, -0.25) is 14.6 Å². The number of aromatic nitrogens is 1. The van der Waals surface area contributed by atoms with E-state index in [0.29, 0.717) is 36.4 Å². The molecule has 0 saturated carbocycles. The van der Waals surface area contributed by atoms with Crippen LogP contribution in [0.1, 0.15) is 28.0 Å². The molecule has 1 aliphatic rings. The molecule has 0 bridgehead atoms. The van der Waals surface area contributed by atoms with Crippen LogP contribution in [0.4, 0.5) is 5.69 Å². The first-order valence-electron chi connectivity index (χ1n) is 9.10. The Morgan fingerprint density at radius 2 is 1.93 bits per heavy atom. The van der Waals surface area contributed by atoms with Gasteiger partial charge >= 0.3 is 4.87 Å². The standard InChI is InChI=1S/C21H19BrN2O4S/c1-28-16-8-4-13(10-17-20(26)23-21(27)29-17)15-7-9-18(25)24(19(15)16)11-12-2-5-14(22)6-3-12/h2-6,8,26H,7,9-11H2,1H3,(H,23,27). The maximum Gasteiger partial charge on any atom is 0.307 e. The van der Waals surface area contributed by atoms with Gasteiger partial charge in [0.05, 0.1) is 24.2 Å². The Bertz CT molecular complexity index is 1120. The number of methoxy groups -OCH3 is 1. The number of nitrogens with zero attached hydrogens (tertiary/aromatic N) is 1. The summed E-state index contributed by atoms with van der Waals surface area (Å²) < 4.78 is 6.56. The van der Waals surface area contributed by atoms with Crippen LogP contribution in [-0.4, -0.2) is 23.1 Å². The van der Waals surface area contributed by atoms with E-state index in [-0.39, 0.29) is 16.7 Å². The molecule has 0 spiro atoms. The van der Waals surface area contributed by atoms with Gasteiger partial charge in [-0.2, -0.15) is 0 Å². The number of halogens is 1. The third-order valence-corrected chi connectivity index (χ3v) is 6.43. The summed E-state index contributed by atoms with van der Waals surface area (Å²) in [6.45, 7) is 0.446. The van der Waals surface area contributed by atoms with Gasteiger partial charge in [-0.25, -0.2) is 0 Å². The third-order valence-electron chi connectivity index (χ3n) is 5.03. The predicted octanol–water partition coefficient (Wildman–Crippen LogP) is 3.98. The van der Waals surface area contributed by atoms with Gasteiger partial charge in [-0.05, 0) is 41.3 Å². The second-order valence-corrected chi connectivity index (χ2v) is 8.81. The van der Waals surface area contributed by atoms with Crippen LogP contribution in [0.15, 0.2) is 45.7 Å². The lowest BCUT2D eigenvalue weighted by molar-refractivity contribution is -0.119. The topological polar surface area (TPSA) is 82.6 Å². The van der Waals surface area contributed by atoms with Crippen LogP contribution in [0, 0.1) is 0 Å². The first kappa shape index (κ1) is 19.7. The number of aromatic hydroxyl groups is 1. The van der Waals surface area contributed by atoms with Crippen molar-refractivity contribution < 1.29 is 14.6 Å². The molecule has 0 radical (unpaired) electrons. The number of hydrogen-bond acceptors (Lipinski definition) is 5. The van der Waals surface area contributed by atoms with Crippen LogP contribution in [-0.2, 0) is 24.2 Å². The predicted molar refractivity (Wildman–Crippen MR) is 116 cm³/mol. The molecule has 0 saturated heterocycles. The van der Waals surface area contributed by atoms with Crippen molar-refractivity contribution in [1.82, 2.24) is 4.98 Å². The van der Waals surface area contributed by atoms with Crippen molar-refractivity contribution in [2.45, 2.75) is 25.8 Å². The van der Waals surface area contributed by atoms with Crippen molar-refractivity contribution in [1.29, 1.82) is 0 Å². The molecule has 8 heteroatoms. The average molecular weight is 475 g/mol. The monoisotopic (exact) mass is 474 g/mol. The summed E-state index contributed by atoms with van der Waals surface area (Å²) in [7, 11) is 1.59. The molecule has 1 aromatic heterocycles. The second-order valence-electron chi connectivity index (χ2n) is 6.82. The zero-order valence-electron chi connectivity index (χ0n) is 15.7.